The summed E-state index contributed by atoms with van der Waals surface area (Å²) >= 11 is 0. The lowest BCUT2D eigenvalue weighted by Gasteiger charge is -2.29. The highest BCUT2D eigenvalue weighted by atomic mass is 16.7. The van der Waals surface area contributed by atoms with E-state index >= 15 is 0 Å². The lowest BCUT2D eigenvalue weighted by molar-refractivity contribution is -0.385. The van der Waals surface area contributed by atoms with Gasteiger partial charge in [0, 0.05) is 0 Å². The van der Waals surface area contributed by atoms with Crippen molar-refractivity contribution in [2.75, 3.05) is 24.2 Å². The van der Waals surface area contributed by atoms with Crippen LogP contribution in [-0.2, 0) is 14.4 Å². The van der Waals surface area contributed by atoms with Crippen LogP contribution in [0.5, 0.6) is 11.5 Å². The Bertz CT molecular complexity index is 1440. The molecule has 2 aliphatic heterocycles. The number of nitrogens with zero attached hydrogens (tertiary/aromatic N) is 3. The molecule has 12 nitrogen and oxygen atoms in total. The summed E-state index contributed by atoms with van der Waals surface area (Å²) in [6.45, 7) is 0. The summed E-state index contributed by atoms with van der Waals surface area (Å²) < 4.78 is 10.6. The summed E-state index contributed by atoms with van der Waals surface area (Å²) in [5, 5.41) is 22.7. The second-order valence-corrected chi connectivity index (χ2v) is 8.55. The van der Waals surface area contributed by atoms with E-state index in [9.17, 15) is 29.6 Å². The number of benzene rings is 3. The Hall–Kier alpha value is -4.97. The number of amides is 2. The summed E-state index contributed by atoms with van der Waals surface area (Å²) in [6.07, 6.45) is -1.28. The van der Waals surface area contributed by atoms with Gasteiger partial charge in [-0.3, -0.25) is 24.5 Å². The quantitative estimate of drug-likeness (QED) is 0.280. The molecule has 2 heterocycles. The molecule has 194 valence electrons. The summed E-state index contributed by atoms with van der Waals surface area (Å²) in [6, 6.07) is 15.4. The average molecular weight is 519 g/mol. The first-order valence-electron chi connectivity index (χ1n) is 11.4. The van der Waals surface area contributed by atoms with Crippen molar-refractivity contribution in [3.63, 3.8) is 0 Å². The Morgan fingerprint density at radius 2 is 1.58 bits per heavy atom. The van der Waals surface area contributed by atoms with E-state index in [1.807, 2.05) is 0 Å². The van der Waals surface area contributed by atoms with Crippen LogP contribution < -0.4 is 19.4 Å². The Labute approximate surface area is 215 Å². The van der Waals surface area contributed by atoms with Crippen molar-refractivity contribution in [1.29, 1.82) is 0 Å². The predicted molar refractivity (Wildman–Crippen MR) is 132 cm³/mol. The lowest BCUT2D eigenvalue weighted by Crippen LogP contribution is -2.37. The summed E-state index contributed by atoms with van der Waals surface area (Å²) in [7, 11) is 2.72. The van der Waals surface area contributed by atoms with Gasteiger partial charge in [-0.25, -0.2) is 14.8 Å². The molecule has 2 aliphatic rings. The van der Waals surface area contributed by atoms with E-state index in [1.54, 1.807) is 30.3 Å². The SMILES string of the molecule is COc1cc(C2C3C(=O)N(c4ccc(C(=O)O)cc4)C(=O)C3ON2c2ccccc2)c([N+](=O)[O-])cc1OC. The summed E-state index contributed by atoms with van der Waals surface area (Å²) in [5.74, 6) is -3.31. The molecule has 12 heteroatoms. The van der Waals surface area contributed by atoms with Gasteiger partial charge in [-0.1, -0.05) is 18.2 Å². The van der Waals surface area contributed by atoms with Crippen molar-refractivity contribution in [3.05, 3.63) is 88.0 Å². The molecule has 2 fully saturated rings. The number of hydrogen-bond acceptors (Lipinski definition) is 9. The van der Waals surface area contributed by atoms with Gasteiger partial charge in [-0.2, -0.15) is 0 Å². The molecule has 2 amide bonds. The van der Waals surface area contributed by atoms with E-state index in [1.165, 1.54) is 55.7 Å². The number of carboxylic acid groups (broad SMARTS) is 1. The molecule has 1 N–H and O–H groups in total. The fraction of sp³-hybridized carbons (Fsp3) is 0.192. The van der Waals surface area contributed by atoms with Gasteiger partial charge in [0.1, 0.15) is 12.0 Å². The third-order valence-corrected chi connectivity index (χ3v) is 6.55. The van der Waals surface area contributed by atoms with E-state index in [4.69, 9.17) is 14.3 Å². The number of anilines is 2. The van der Waals surface area contributed by atoms with Crippen LogP contribution in [-0.4, -0.2) is 48.1 Å². The zero-order valence-electron chi connectivity index (χ0n) is 20.1. The fourth-order valence-electron chi connectivity index (χ4n) is 4.82. The van der Waals surface area contributed by atoms with Gasteiger partial charge < -0.3 is 14.6 Å². The number of methoxy groups -OCH3 is 2. The molecule has 0 saturated carbocycles. The van der Waals surface area contributed by atoms with Gasteiger partial charge in [0.15, 0.2) is 17.6 Å². The first-order chi connectivity index (χ1) is 18.3. The van der Waals surface area contributed by atoms with Gasteiger partial charge in [0.25, 0.3) is 11.6 Å². The number of hydroxylamine groups is 1. The highest BCUT2D eigenvalue weighted by molar-refractivity contribution is 6.24. The number of nitro groups is 1. The topological polar surface area (TPSA) is 149 Å². The normalized spacial score (nSPS) is 20.4. The smallest absolute Gasteiger partial charge is 0.335 e. The van der Waals surface area contributed by atoms with Crippen LogP contribution in [0.4, 0.5) is 17.1 Å². The highest BCUT2D eigenvalue weighted by Crippen LogP contribution is 2.51. The Kier molecular flexibility index (Phi) is 6.17. The van der Waals surface area contributed by atoms with Crippen molar-refractivity contribution in [2.24, 2.45) is 5.92 Å². The third kappa shape index (κ3) is 3.87. The van der Waals surface area contributed by atoms with E-state index in [0.717, 1.165) is 4.90 Å². The first-order valence-corrected chi connectivity index (χ1v) is 11.4. The Balaban J connectivity index is 1.65. The predicted octanol–water partition coefficient (Wildman–Crippen LogP) is 3.36. The van der Waals surface area contributed by atoms with Crippen molar-refractivity contribution in [1.82, 2.24) is 0 Å². The first kappa shape index (κ1) is 24.7. The molecule has 0 spiro atoms. The second-order valence-electron chi connectivity index (χ2n) is 8.55. The maximum absolute atomic E-state index is 13.8. The monoisotopic (exact) mass is 519 g/mol. The van der Waals surface area contributed by atoms with Gasteiger partial charge >= 0.3 is 5.97 Å². The molecule has 3 atom stereocenters. The Morgan fingerprint density at radius 1 is 0.947 bits per heavy atom. The standard InChI is InChI=1S/C26H21N3O9/c1-36-19-12-17(18(29(34)35)13-20(19)37-2)22-21-23(38-28(22)16-6-4-3-5-7-16)25(31)27(24(21)30)15-10-8-14(9-11-15)26(32)33/h3-13,21-23H,1-2H3,(H,32,33). The van der Waals surface area contributed by atoms with E-state index in [2.05, 4.69) is 0 Å². The van der Waals surface area contributed by atoms with Crippen LogP contribution in [0.15, 0.2) is 66.7 Å². The number of aromatic carboxylic acids is 1. The van der Waals surface area contributed by atoms with E-state index < -0.39 is 40.8 Å². The van der Waals surface area contributed by atoms with Crippen molar-refractivity contribution >= 4 is 34.8 Å². The maximum atomic E-state index is 13.8. The molecule has 38 heavy (non-hydrogen) atoms. The molecule has 0 bridgehead atoms. The average Bonchev–Trinajstić information content (AvgIpc) is 3.43. The van der Waals surface area contributed by atoms with Crippen LogP contribution in [0.1, 0.15) is 22.0 Å². The lowest BCUT2D eigenvalue weighted by atomic mass is 9.89. The number of carbonyl (C=O) groups excluding carboxylic acids is 2. The molecule has 0 aromatic heterocycles. The molecular formula is C26H21N3O9. The van der Waals surface area contributed by atoms with Crippen molar-refractivity contribution in [3.8, 4) is 11.5 Å². The number of carbonyl (C=O) groups is 3. The molecule has 0 aliphatic carbocycles. The second kappa shape index (κ2) is 9.48. The van der Waals surface area contributed by atoms with E-state index in [0.29, 0.717) is 5.69 Å². The maximum Gasteiger partial charge on any atom is 0.335 e. The van der Waals surface area contributed by atoms with E-state index in [-0.39, 0.29) is 34.0 Å². The van der Waals surface area contributed by atoms with Crippen LogP contribution in [0.3, 0.4) is 0 Å². The minimum atomic E-state index is -1.28. The number of ether oxygens (including phenoxy) is 2. The van der Waals surface area contributed by atoms with Crippen LogP contribution in [0.25, 0.3) is 0 Å². The third-order valence-electron chi connectivity index (χ3n) is 6.55. The molecule has 2 saturated heterocycles. The van der Waals surface area contributed by atoms with Crippen molar-refractivity contribution < 1.29 is 38.7 Å². The summed E-state index contributed by atoms with van der Waals surface area (Å²) in [5.41, 5.74) is 0.373. The molecule has 3 aromatic rings. The molecular weight excluding hydrogens is 498 g/mol. The number of para-hydroxylation sites is 1. The zero-order chi connectivity index (χ0) is 27.1. The van der Waals surface area contributed by atoms with Gasteiger partial charge in [0.2, 0.25) is 5.91 Å². The van der Waals surface area contributed by atoms with Gasteiger partial charge in [-0.15, -0.1) is 0 Å². The Morgan fingerprint density at radius 3 is 2.16 bits per heavy atom. The van der Waals surface area contributed by atoms with Gasteiger partial charge in [0.05, 0.1) is 47.7 Å². The van der Waals surface area contributed by atoms with Crippen LogP contribution in [0.2, 0.25) is 0 Å². The molecule has 3 aromatic carbocycles. The van der Waals surface area contributed by atoms with Crippen LogP contribution >= 0.6 is 0 Å². The van der Waals surface area contributed by atoms with Crippen LogP contribution in [0, 0.1) is 16.0 Å². The molecule has 0 radical (unpaired) electrons. The number of imide groups is 1. The minimum Gasteiger partial charge on any atom is -0.493 e. The molecule has 5 rings (SSSR count). The summed E-state index contributed by atoms with van der Waals surface area (Å²) in [4.78, 5) is 57.0. The van der Waals surface area contributed by atoms with Crippen molar-refractivity contribution in [2.45, 2.75) is 12.1 Å². The van der Waals surface area contributed by atoms with Gasteiger partial charge in [-0.05, 0) is 42.5 Å². The molecule has 3 unspecified atom stereocenters. The largest absolute Gasteiger partial charge is 0.493 e. The minimum absolute atomic E-state index is 0.0154. The number of hydrogen-bond donors (Lipinski definition) is 1. The highest BCUT2D eigenvalue weighted by Gasteiger charge is 2.61. The zero-order valence-corrected chi connectivity index (χ0v) is 20.1. The fourth-order valence-corrected chi connectivity index (χ4v) is 4.82. The number of fused-ring (bicyclic) bond motifs is 1. The number of rotatable bonds is 7. The number of nitro benzene ring substituents is 1. The number of carboxylic acids is 1.